The van der Waals surface area contributed by atoms with Gasteiger partial charge in [0.25, 0.3) is 5.91 Å². The maximum atomic E-state index is 12.1. The van der Waals surface area contributed by atoms with Crippen molar-refractivity contribution in [1.82, 2.24) is 24.5 Å². The smallest absolute Gasteiger partial charge is 0.275 e. The lowest BCUT2D eigenvalue weighted by Crippen LogP contribution is -2.16. The number of carbonyl (C=O) groups excluding carboxylic acids is 1. The Bertz CT molecular complexity index is 711. The van der Waals surface area contributed by atoms with Crippen molar-refractivity contribution >= 4 is 11.7 Å². The highest BCUT2D eigenvalue weighted by atomic mass is 16.1. The molecule has 0 saturated heterocycles. The molecular weight excluding hydrogens is 256 g/mol. The molecule has 0 aliphatic rings. The molecule has 0 unspecified atom stereocenters. The first-order chi connectivity index (χ1) is 9.83. The molecule has 0 bridgehead atoms. The van der Waals surface area contributed by atoms with Crippen molar-refractivity contribution in [3.63, 3.8) is 0 Å². The van der Waals surface area contributed by atoms with Gasteiger partial charge in [0.1, 0.15) is 17.8 Å². The third kappa shape index (κ3) is 2.51. The number of rotatable bonds is 3. The fraction of sp³-hybridized carbons (Fsp3) is 0. The Balaban J connectivity index is 1.84. The van der Waals surface area contributed by atoms with Crippen LogP contribution in [0.4, 0.5) is 5.82 Å². The number of imidazole rings is 1. The summed E-state index contributed by atoms with van der Waals surface area (Å²) in [5.74, 6) is 0.518. The fourth-order valence-corrected chi connectivity index (χ4v) is 1.59. The van der Waals surface area contributed by atoms with Crippen LogP contribution < -0.4 is 5.32 Å². The van der Waals surface area contributed by atoms with Gasteiger partial charge < -0.3 is 5.32 Å². The number of nitrogens with one attached hydrogen (secondary N) is 1. The van der Waals surface area contributed by atoms with E-state index in [1.807, 2.05) is 0 Å². The second kappa shape index (κ2) is 5.27. The molecule has 0 fully saturated rings. The molecule has 0 atom stereocenters. The van der Waals surface area contributed by atoms with E-state index in [9.17, 15) is 4.79 Å². The standard InChI is InChI=1S/C13H10N6O/c20-12(18-11-3-1-2-5-15-11)10-4-6-16-13(17-10)19-8-7-14-9-19/h1-9H,(H,15,18,20). The van der Waals surface area contributed by atoms with Gasteiger partial charge in [0.2, 0.25) is 5.95 Å². The van der Waals surface area contributed by atoms with Gasteiger partial charge in [-0.05, 0) is 18.2 Å². The quantitative estimate of drug-likeness (QED) is 0.772. The molecule has 7 heteroatoms. The van der Waals surface area contributed by atoms with E-state index in [2.05, 4.69) is 25.3 Å². The average molecular weight is 266 g/mol. The first-order valence-electron chi connectivity index (χ1n) is 5.87. The summed E-state index contributed by atoms with van der Waals surface area (Å²) < 4.78 is 1.62. The Morgan fingerprint density at radius 2 is 2.05 bits per heavy atom. The summed E-state index contributed by atoms with van der Waals surface area (Å²) in [5, 5.41) is 2.67. The Labute approximate surface area is 114 Å². The van der Waals surface area contributed by atoms with E-state index in [-0.39, 0.29) is 11.6 Å². The third-order valence-electron chi connectivity index (χ3n) is 2.52. The Morgan fingerprint density at radius 1 is 1.10 bits per heavy atom. The topological polar surface area (TPSA) is 85.6 Å². The molecule has 3 heterocycles. The maximum absolute atomic E-state index is 12.1. The highest BCUT2D eigenvalue weighted by Gasteiger charge is 2.10. The van der Waals surface area contributed by atoms with Gasteiger partial charge in [-0.3, -0.25) is 9.36 Å². The van der Waals surface area contributed by atoms with Gasteiger partial charge in [0.05, 0.1) is 0 Å². The lowest BCUT2D eigenvalue weighted by molar-refractivity contribution is 0.102. The summed E-state index contributed by atoms with van der Waals surface area (Å²) in [5.41, 5.74) is 0.259. The van der Waals surface area contributed by atoms with Gasteiger partial charge in [-0.2, -0.15) is 0 Å². The van der Waals surface area contributed by atoms with Crippen LogP contribution in [0.2, 0.25) is 0 Å². The van der Waals surface area contributed by atoms with Crippen LogP contribution in [-0.2, 0) is 0 Å². The molecule has 98 valence electrons. The maximum Gasteiger partial charge on any atom is 0.275 e. The molecule has 20 heavy (non-hydrogen) atoms. The second-order valence-corrected chi connectivity index (χ2v) is 3.88. The zero-order valence-electron chi connectivity index (χ0n) is 10.3. The van der Waals surface area contributed by atoms with E-state index in [0.29, 0.717) is 11.8 Å². The number of amides is 1. The van der Waals surface area contributed by atoms with Gasteiger partial charge in [-0.1, -0.05) is 6.07 Å². The van der Waals surface area contributed by atoms with Gasteiger partial charge >= 0.3 is 0 Å². The van der Waals surface area contributed by atoms with Crippen molar-refractivity contribution in [3.8, 4) is 5.95 Å². The summed E-state index contributed by atoms with van der Waals surface area (Å²) in [6.07, 6.45) is 8.01. The molecule has 0 aliphatic heterocycles. The summed E-state index contributed by atoms with van der Waals surface area (Å²) in [4.78, 5) is 28.3. The van der Waals surface area contributed by atoms with Crippen LogP contribution in [0.15, 0.2) is 55.4 Å². The first kappa shape index (κ1) is 12.0. The zero-order chi connectivity index (χ0) is 13.8. The predicted molar refractivity (Wildman–Crippen MR) is 71.3 cm³/mol. The summed E-state index contributed by atoms with van der Waals surface area (Å²) in [6.45, 7) is 0. The number of carbonyl (C=O) groups is 1. The van der Waals surface area contributed by atoms with Crippen LogP contribution in [0, 0.1) is 0 Å². The van der Waals surface area contributed by atoms with Crippen LogP contribution in [0.1, 0.15) is 10.5 Å². The third-order valence-corrected chi connectivity index (χ3v) is 2.52. The number of anilines is 1. The van der Waals surface area contributed by atoms with Gasteiger partial charge in [0, 0.05) is 24.8 Å². The highest BCUT2D eigenvalue weighted by molar-refractivity contribution is 6.02. The number of pyridine rings is 1. The molecular formula is C13H10N6O. The first-order valence-corrected chi connectivity index (χ1v) is 5.87. The van der Waals surface area contributed by atoms with Crippen molar-refractivity contribution in [2.75, 3.05) is 5.32 Å². The monoisotopic (exact) mass is 266 g/mol. The van der Waals surface area contributed by atoms with E-state index in [1.54, 1.807) is 53.8 Å². The lowest BCUT2D eigenvalue weighted by atomic mass is 10.3. The molecule has 0 saturated carbocycles. The normalized spacial score (nSPS) is 10.2. The van der Waals surface area contributed by atoms with E-state index < -0.39 is 0 Å². The second-order valence-electron chi connectivity index (χ2n) is 3.88. The molecule has 0 aromatic carbocycles. The minimum absolute atomic E-state index is 0.259. The van der Waals surface area contributed by atoms with Gasteiger partial charge in [-0.25, -0.2) is 19.9 Å². The molecule has 3 rings (SSSR count). The summed E-state index contributed by atoms with van der Waals surface area (Å²) in [7, 11) is 0. The number of nitrogens with zero attached hydrogens (tertiary/aromatic N) is 5. The van der Waals surface area contributed by atoms with Crippen molar-refractivity contribution in [2.24, 2.45) is 0 Å². The molecule has 3 aromatic rings. The van der Waals surface area contributed by atoms with E-state index in [1.165, 1.54) is 6.20 Å². The predicted octanol–water partition coefficient (Wildman–Crippen LogP) is 1.31. The van der Waals surface area contributed by atoms with Crippen molar-refractivity contribution < 1.29 is 4.79 Å². The minimum atomic E-state index is -0.340. The van der Waals surface area contributed by atoms with Gasteiger partial charge in [0.15, 0.2) is 0 Å². The average Bonchev–Trinajstić information content (AvgIpc) is 3.03. The van der Waals surface area contributed by atoms with Crippen molar-refractivity contribution in [1.29, 1.82) is 0 Å². The minimum Gasteiger partial charge on any atom is -0.305 e. The van der Waals surface area contributed by atoms with Crippen LogP contribution >= 0.6 is 0 Å². The Kier molecular flexibility index (Phi) is 3.15. The zero-order valence-corrected chi connectivity index (χ0v) is 10.3. The molecule has 0 aliphatic carbocycles. The van der Waals surface area contributed by atoms with E-state index >= 15 is 0 Å². The van der Waals surface area contributed by atoms with Crippen LogP contribution in [0.3, 0.4) is 0 Å². The number of hydrogen-bond acceptors (Lipinski definition) is 5. The summed E-state index contributed by atoms with van der Waals surface area (Å²) >= 11 is 0. The largest absolute Gasteiger partial charge is 0.305 e. The molecule has 7 nitrogen and oxygen atoms in total. The van der Waals surface area contributed by atoms with Crippen LogP contribution in [0.25, 0.3) is 5.95 Å². The number of aromatic nitrogens is 5. The van der Waals surface area contributed by atoms with Crippen molar-refractivity contribution in [2.45, 2.75) is 0 Å². The van der Waals surface area contributed by atoms with E-state index in [4.69, 9.17) is 0 Å². The molecule has 3 aromatic heterocycles. The van der Waals surface area contributed by atoms with Gasteiger partial charge in [-0.15, -0.1) is 0 Å². The molecule has 1 amide bonds. The SMILES string of the molecule is O=C(Nc1ccccn1)c1ccnc(-n2ccnc2)n1. The Hall–Kier alpha value is -3.09. The molecule has 0 radical (unpaired) electrons. The Morgan fingerprint density at radius 3 is 2.80 bits per heavy atom. The highest BCUT2D eigenvalue weighted by Crippen LogP contribution is 2.05. The number of hydrogen-bond donors (Lipinski definition) is 1. The van der Waals surface area contributed by atoms with Crippen LogP contribution in [0.5, 0.6) is 0 Å². The van der Waals surface area contributed by atoms with Crippen LogP contribution in [-0.4, -0.2) is 30.4 Å². The lowest BCUT2D eigenvalue weighted by Gasteiger charge is -2.05. The molecule has 0 spiro atoms. The van der Waals surface area contributed by atoms with Crippen molar-refractivity contribution in [3.05, 3.63) is 61.1 Å². The van der Waals surface area contributed by atoms with E-state index in [0.717, 1.165) is 0 Å². The molecule has 1 N–H and O–H groups in total. The fourth-order valence-electron chi connectivity index (χ4n) is 1.59. The summed E-state index contributed by atoms with van der Waals surface area (Å²) in [6, 6.07) is 6.81.